The molecule has 0 aliphatic rings. The molecular formula is C42H50N6O9. The SMILES string of the molecule is CC(C)(C)OC(=O)C[C@H](NC(=O)CNC(=O)[C@H](Cc1cn(C(c2ccccc2)(c2ccccc2)c2ccccc2)cn1)NC(=O)OC(C)(C)C)C(=O)NCC(=O)O. The number of aliphatic carboxylic acids is 1. The Morgan fingerprint density at radius 1 is 0.667 bits per heavy atom. The van der Waals surface area contributed by atoms with E-state index in [1.807, 2.05) is 95.6 Å². The first kappa shape index (κ1) is 43.2. The van der Waals surface area contributed by atoms with Crippen LogP contribution >= 0.6 is 0 Å². The predicted molar refractivity (Wildman–Crippen MR) is 210 cm³/mol. The summed E-state index contributed by atoms with van der Waals surface area (Å²) in [5, 5.41) is 18.5. The van der Waals surface area contributed by atoms with Gasteiger partial charge < -0.3 is 40.4 Å². The third-order valence-electron chi connectivity index (χ3n) is 8.30. The van der Waals surface area contributed by atoms with Crippen LogP contribution in [0.5, 0.6) is 0 Å². The number of benzene rings is 3. The normalized spacial score (nSPS) is 12.7. The van der Waals surface area contributed by atoms with Crippen molar-refractivity contribution in [2.45, 2.75) is 83.2 Å². The molecule has 0 radical (unpaired) electrons. The molecule has 15 heteroatoms. The molecule has 4 amide bonds. The van der Waals surface area contributed by atoms with Gasteiger partial charge in [0.2, 0.25) is 17.7 Å². The fraction of sp³-hybridized carbons (Fsp3) is 0.357. The van der Waals surface area contributed by atoms with Gasteiger partial charge in [-0.25, -0.2) is 9.78 Å². The van der Waals surface area contributed by atoms with Crippen molar-refractivity contribution in [3.8, 4) is 0 Å². The average molecular weight is 783 g/mol. The minimum Gasteiger partial charge on any atom is -0.480 e. The van der Waals surface area contributed by atoms with E-state index in [1.54, 1.807) is 54.1 Å². The van der Waals surface area contributed by atoms with E-state index in [1.165, 1.54) is 0 Å². The molecule has 5 N–H and O–H groups in total. The quantitative estimate of drug-likeness (QED) is 0.0823. The van der Waals surface area contributed by atoms with Crippen LogP contribution in [0.1, 0.15) is 70.3 Å². The molecule has 302 valence electrons. The van der Waals surface area contributed by atoms with Crippen molar-refractivity contribution in [2.75, 3.05) is 13.1 Å². The summed E-state index contributed by atoms with van der Waals surface area (Å²) in [6.45, 7) is 8.45. The van der Waals surface area contributed by atoms with Crippen molar-refractivity contribution >= 4 is 35.8 Å². The number of rotatable bonds is 16. The van der Waals surface area contributed by atoms with Crippen LogP contribution < -0.4 is 21.3 Å². The van der Waals surface area contributed by atoms with Gasteiger partial charge in [0.15, 0.2) is 0 Å². The zero-order chi connectivity index (χ0) is 41.8. The number of nitrogens with one attached hydrogen (secondary N) is 4. The number of ether oxygens (including phenoxy) is 2. The topological polar surface area (TPSA) is 207 Å². The maximum Gasteiger partial charge on any atom is 0.408 e. The van der Waals surface area contributed by atoms with Crippen molar-refractivity contribution in [1.29, 1.82) is 0 Å². The first-order valence-corrected chi connectivity index (χ1v) is 18.3. The maximum absolute atomic E-state index is 13.7. The number of hydrogen-bond acceptors (Lipinski definition) is 9. The third kappa shape index (κ3) is 12.5. The summed E-state index contributed by atoms with van der Waals surface area (Å²) in [5.74, 6) is -4.75. The van der Waals surface area contributed by atoms with Crippen LogP contribution in [0.15, 0.2) is 104 Å². The lowest BCUT2D eigenvalue weighted by Crippen LogP contribution is -2.54. The molecule has 57 heavy (non-hydrogen) atoms. The van der Waals surface area contributed by atoms with Gasteiger partial charge in [0, 0.05) is 12.6 Å². The van der Waals surface area contributed by atoms with E-state index in [-0.39, 0.29) is 6.42 Å². The Kier molecular flexibility index (Phi) is 14.3. The Hall–Kier alpha value is -6.51. The van der Waals surface area contributed by atoms with Crippen molar-refractivity contribution in [2.24, 2.45) is 0 Å². The molecule has 1 aromatic heterocycles. The Balaban J connectivity index is 1.61. The fourth-order valence-corrected chi connectivity index (χ4v) is 6.09. The van der Waals surface area contributed by atoms with Gasteiger partial charge in [0.25, 0.3) is 0 Å². The molecule has 0 aliphatic heterocycles. The molecule has 0 unspecified atom stereocenters. The fourth-order valence-electron chi connectivity index (χ4n) is 6.09. The van der Waals surface area contributed by atoms with Gasteiger partial charge in [-0.3, -0.25) is 24.0 Å². The summed E-state index contributed by atoms with van der Waals surface area (Å²) in [5.41, 5.74) is 0.582. The van der Waals surface area contributed by atoms with E-state index in [0.29, 0.717) is 5.69 Å². The van der Waals surface area contributed by atoms with E-state index < -0.39 is 84.1 Å². The van der Waals surface area contributed by atoms with Gasteiger partial charge >= 0.3 is 18.0 Å². The summed E-state index contributed by atoms with van der Waals surface area (Å²) < 4.78 is 12.7. The molecule has 0 bridgehead atoms. The van der Waals surface area contributed by atoms with Crippen molar-refractivity contribution < 1.29 is 43.3 Å². The number of esters is 1. The number of carbonyl (C=O) groups is 6. The number of imidazole rings is 1. The highest BCUT2D eigenvalue weighted by Crippen LogP contribution is 2.40. The van der Waals surface area contributed by atoms with Crippen LogP contribution in [-0.4, -0.2) is 86.8 Å². The minimum atomic E-state index is -1.51. The van der Waals surface area contributed by atoms with Gasteiger partial charge in [-0.1, -0.05) is 91.0 Å². The summed E-state index contributed by atoms with van der Waals surface area (Å²) in [7, 11) is 0. The number of hydrogen-bond donors (Lipinski definition) is 5. The number of carboxylic acids is 1. The second-order valence-corrected chi connectivity index (χ2v) is 15.2. The maximum atomic E-state index is 13.7. The monoisotopic (exact) mass is 782 g/mol. The first-order chi connectivity index (χ1) is 26.9. The number of carbonyl (C=O) groups excluding carboxylic acids is 5. The standard InChI is InChI=1S/C42H50N6O9/c1-40(2,3)56-36(52)23-33(38(54)44-25-35(50)51)46-34(49)24-43-37(53)32(47-39(55)57-41(4,5)6)22-31-26-48(27-45-31)42(28-16-10-7-11-17-28,29-18-12-8-13-19-29)30-20-14-9-15-21-30/h7-21,26-27,32-33H,22-25H2,1-6H3,(H,43,53)(H,44,54)(H,46,49)(H,47,55)(H,50,51)/t32-,33-/m0/s1. The third-order valence-corrected chi connectivity index (χ3v) is 8.30. The first-order valence-electron chi connectivity index (χ1n) is 18.3. The van der Waals surface area contributed by atoms with E-state index in [9.17, 15) is 28.8 Å². The Morgan fingerprint density at radius 3 is 1.61 bits per heavy atom. The molecule has 2 atom stereocenters. The van der Waals surface area contributed by atoms with Crippen molar-refractivity contribution in [3.05, 3.63) is 126 Å². The van der Waals surface area contributed by atoms with E-state index >= 15 is 0 Å². The molecule has 4 aromatic rings. The lowest BCUT2D eigenvalue weighted by molar-refractivity contribution is -0.156. The van der Waals surface area contributed by atoms with Crippen LogP contribution in [0.25, 0.3) is 0 Å². The van der Waals surface area contributed by atoms with Crippen LogP contribution in [0.3, 0.4) is 0 Å². The molecule has 1 heterocycles. The Labute approximate surface area is 331 Å². The number of aromatic nitrogens is 2. The van der Waals surface area contributed by atoms with E-state index in [4.69, 9.17) is 14.6 Å². The van der Waals surface area contributed by atoms with Gasteiger partial charge in [0.1, 0.15) is 35.4 Å². The highest BCUT2D eigenvalue weighted by atomic mass is 16.6. The largest absolute Gasteiger partial charge is 0.480 e. The van der Waals surface area contributed by atoms with Gasteiger partial charge in [0.05, 0.1) is 25.0 Å². The molecule has 0 saturated carbocycles. The second-order valence-electron chi connectivity index (χ2n) is 15.2. The van der Waals surface area contributed by atoms with E-state index in [0.717, 1.165) is 16.7 Å². The van der Waals surface area contributed by atoms with Crippen LogP contribution in [0.4, 0.5) is 4.79 Å². The minimum absolute atomic E-state index is 0.118. The highest BCUT2D eigenvalue weighted by Gasteiger charge is 2.39. The van der Waals surface area contributed by atoms with Crippen molar-refractivity contribution in [3.63, 3.8) is 0 Å². The number of carboxylic acid groups (broad SMARTS) is 1. The zero-order valence-electron chi connectivity index (χ0n) is 32.9. The Bertz CT molecular complexity index is 1910. The number of nitrogens with zero attached hydrogens (tertiary/aromatic N) is 2. The smallest absolute Gasteiger partial charge is 0.408 e. The molecule has 0 saturated heterocycles. The lowest BCUT2D eigenvalue weighted by atomic mass is 9.77. The summed E-state index contributed by atoms with van der Waals surface area (Å²) in [4.78, 5) is 80.8. The molecule has 3 aromatic carbocycles. The molecule has 4 rings (SSSR count). The molecule has 15 nitrogen and oxygen atoms in total. The molecular weight excluding hydrogens is 732 g/mol. The zero-order valence-corrected chi connectivity index (χ0v) is 32.9. The molecule has 0 fully saturated rings. The average Bonchev–Trinajstić information content (AvgIpc) is 3.61. The summed E-state index contributed by atoms with van der Waals surface area (Å²) in [6, 6.07) is 26.9. The molecule has 0 spiro atoms. The van der Waals surface area contributed by atoms with Gasteiger partial charge in [-0.2, -0.15) is 0 Å². The molecule has 0 aliphatic carbocycles. The van der Waals surface area contributed by atoms with Crippen molar-refractivity contribution in [1.82, 2.24) is 30.8 Å². The van der Waals surface area contributed by atoms with Crippen LogP contribution in [-0.2, 0) is 45.4 Å². The number of alkyl carbamates (subject to hydrolysis) is 1. The van der Waals surface area contributed by atoms with Crippen LogP contribution in [0.2, 0.25) is 0 Å². The summed E-state index contributed by atoms with van der Waals surface area (Å²) in [6.07, 6.45) is 1.86. The lowest BCUT2D eigenvalue weighted by Gasteiger charge is -2.37. The van der Waals surface area contributed by atoms with Gasteiger partial charge in [-0.15, -0.1) is 0 Å². The van der Waals surface area contributed by atoms with E-state index in [2.05, 4.69) is 26.3 Å². The van der Waals surface area contributed by atoms with Gasteiger partial charge in [-0.05, 0) is 58.2 Å². The summed E-state index contributed by atoms with van der Waals surface area (Å²) >= 11 is 0. The number of amides is 4. The van der Waals surface area contributed by atoms with Crippen LogP contribution in [0, 0.1) is 0 Å². The highest BCUT2D eigenvalue weighted by molar-refractivity contribution is 5.94. The Morgan fingerprint density at radius 2 is 1.14 bits per heavy atom. The predicted octanol–water partition coefficient (Wildman–Crippen LogP) is 3.69. The second kappa shape index (κ2) is 18.9.